The quantitative estimate of drug-likeness (QED) is 0.849. The third kappa shape index (κ3) is 2.64. The zero-order valence-electron chi connectivity index (χ0n) is 9.82. The zero-order chi connectivity index (χ0) is 11.4. The van der Waals surface area contributed by atoms with Gasteiger partial charge in [-0.15, -0.1) is 0 Å². The zero-order valence-corrected chi connectivity index (χ0v) is 9.82. The van der Waals surface area contributed by atoms with Crippen molar-refractivity contribution in [1.82, 2.24) is 4.98 Å². The van der Waals surface area contributed by atoms with Crippen molar-refractivity contribution in [3.63, 3.8) is 0 Å². The summed E-state index contributed by atoms with van der Waals surface area (Å²) in [5.41, 5.74) is 0.986. The second-order valence-corrected chi connectivity index (χ2v) is 4.06. The van der Waals surface area contributed by atoms with Crippen molar-refractivity contribution < 1.29 is 9.47 Å². The van der Waals surface area contributed by atoms with E-state index in [1.165, 1.54) is 0 Å². The number of nitrogens with one attached hydrogen (secondary N) is 1. The molecule has 1 aliphatic heterocycles. The summed E-state index contributed by atoms with van der Waals surface area (Å²) in [6.07, 6.45) is 2.23. The Labute approximate surface area is 96.0 Å². The summed E-state index contributed by atoms with van der Waals surface area (Å²) in [5.74, 6) is 1.61. The Morgan fingerprint density at radius 1 is 1.50 bits per heavy atom. The number of anilines is 1. The van der Waals surface area contributed by atoms with Crippen molar-refractivity contribution in [2.24, 2.45) is 0 Å². The van der Waals surface area contributed by atoms with Gasteiger partial charge >= 0.3 is 0 Å². The Morgan fingerprint density at radius 2 is 2.38 bits per heavy atom. The van der Waals surface area contributed by atoms with Gasteiger partial charge in [0.05, 0.1) is 19.8 Å². The lowest BCUT2D eigenvalue weighted by Crippen LogP contribution is -2.30. The third-order valence-corrected chi connectivity index (χ3v) is 2.72. The minimum Gasteiger partial charge on any atom is -0.493 e. The Balaban J connectivity index is 2.09. The van der Waals surface area contributed by atoms with Crippen LogP contribution >= 0.6 is 0 Å². The molecule has 1 fully saturated rings. The summed E-state index contributed by atoms with van der Waals surface area (Å²) < 4.78 is 10.7. The van der Waals surface area contributed by atoms with Crippen LogP contribution in [-0.4, -0.2) is 31.3 Å². The predicted octanol–water partition coefficient (Wildman–Crippen LogP) is 1.99. The molecule has 2 heterocycles. The topological polar surface area (TPSA) is 43.4 Å². The second kappa shape index (κ2) is 5.16. The van der Waals surface area contributed by atoms with Gasteiger partial charge in [-0.3, -0.25) is 0 Å². The Hall–Kier alpha value is -1.29. The summed E-state index contributed by atoms with van der Waals surface area (Å²) in [6.45, 7) is 3.59. The van der Waals surface area contributed by atoms with E-state index in [-0.39, 0.29) is 0 Å². The van der Waals surface area contributed by atoms with E-state index in [9.17, 15) is 0 Å². The summed E-state index contributed by atoms with van der Waals surface area (Å²) in [6, 6.07) is 4.23. The van der Waals surface area contributed by atoms with Gasteiger partial charge in [0.25, 0.3) is 0 Å². The average Bonchev–Trinajstić information content (AvgIpc) is 2.31. The molecule has 1 aromatic rings. The van der Waals surface area contributed by atoms with Crippen molar-refractivity contribution in [3.05, 3.63) is 17.8 Å². The fraction of sp³-hybridized carbons (Fsp3) is 0.583. The normalized spacial score (nSPS) is 20.5. The van der Waals surface area contributed by atoms with E-state index in [0.717, 1.165) is 43.3 Å². The maximum absolute atomic E-state index is 5.43. The molecular formula is C12H18N2O2. The SMILES string of the molecule is COc1ccc(C)nc1NC1CCCOC1. The van der Waals surface area contributed by atoms with E-state index in [2.05, 4.69) is 10.3 Å². The third-order valence-electron chi connectivity index (χ3n) is 2.72. The molecule has 0 aromatic carbocycles. The highest BCUT2D eigenvalue weighted by atomic mass is 16.5. The molecule has 88 valence electrons. The van der Waals surface area contributed by atoms with Crippen LogP contribution in [0.5, 0.6) is 5.75 Å². The van der Waals surface area contributed by atoms with Crippen molar-refractivity contribution in [2.75, 3.05) is 25.6 Å². The average molecular weight is 222 g/mol. The first kappa shape index (κ1) is 11.2. The molecule has 4 nitrogen and oxygen atoms in total. The van der Waals surface area contributed by atoms with Crippen LogP contribution in [0.2, 0.25) is 0 Å². The van der Waals surface area contributed by atoms with Crippen LogP contribution in [0.4, 0.5) is 5.82 Å². The fourth-order valence-corrected chi connectivity index (χ4v) is 1.86. The summed E-state index contributed by atoms with van der Waals surface area (Å²) in [7, 11) is 1.66. The molecule has 1 aliphatic rings. The van der Waals surface area contributed by atoms with E-state index in [1.807, 2.05) is 19.1 Å². The number of aryl methyl sites for hydroxylation is 1. The fourth-order valence-electron chi connectivity index (χ4n) is 1.86. The molecule has 2 rings (SSSR count). The lowest BCUT2D eigenvalue weighted by Gasteiger charge is -2.24. The molecule has 1 atom stereocenters. The smallest absolute Gasteiger partial charge is 0.169 e. The summed E-state index contributed by atoms with van der Waals surface area (Å²) in [4.78, 5) is 4.45. The van der Waals surface area contributed by atoms with Gasteiger partial charge in [-0.05, 0) is 31.9 Å². The second-order valence-electron chi connectivity index (χ2n) is 4.06. The molecule has 1 aromatic heterocycles. The van der Waals surface area contributed by atoms with E-state index in [1.54, 1.807) is 7.11 Å². The van der Waals surface area contributed by atoms with Gasteiger partial charge in [-0.2, -0.15) is 0 Å². The molecule has 0 aliphatic carbocycles. The Morgan fingerprint density at radius 3 is 3.06 bits per heavy atom. The maximum atomic E-state index is 5.43. The first-order valence-electron chi connectivity index (χ1n) is 5.65. The molecule has 1 unspecified atom stereocenters. The van der Waals surface area contributed by atoms with Crippen molar-refractivity contribution in [3.8, 4) is 5.75 Å². The highest BCUT2D eigenvalue weighted by Gasteiger charge is 2.16. The first-order chi connectivity index (χ1) is 7.79. The number of hydrogen-bond donors (Lipinski definition) is 1. The molecule has 4 heteroatoms. The van der Waals surface area contributed by atoms with Crippen LogP contribution in [-0.2, 0) is 4.74 Å². The number of aromatic nitrogens is 1. The predicted molar refractivity (Wildman–Crippen MR) is 63.0 cm³/mol. The minimum atomic E-state index is 0.344. The van der Waals surface area contributed by atoms with E-state index >= 15 is 0 Å². The monoisotopic (exact) mass is 222 g/mol. The van der Waals surface area contributed by atoms with Gasteiger partial charge in [0.15, 0.2) is 11.6 Å². The molecule has 0 radical (unpaired) electrons. The van der Waals surface area contributed by atoms with Gasteiger partial charge in [0.1, 0.15) is 0 Å². The lowest BCUT2D eigenvalue weighted by atomic mass is 10.1. The number of hydrogen-bond acceptors (Lipinski definition) is 4. The number of methoxy groups -OCH3 is 1. The highest BCUT2D eigenvalue weighted by Crippen LogP contribution is 2.23. The number of ether oxygens (including phenoxy) is 2. The van der Waals surface area contributed by atoms with Crippen LogP contribution in [0.1, 0.15) is 18.5 Å². The van der Waals surface area contributed by atoms with Crippen molar-refractivity contribution in [2.45, 2.75) is 25.8 Å². The number of pyridine rings is 1. The van der Waals surface area contributed by atoms with Gasteiger partial charge in [-0.25, -0.2) is 4.98 Å². The molecule has 1 N–H and O–H groups in total. The summed E-state index contributed by atoms with van der Waals surface area (Å²) in [5, 5.41) is 3.38. The molecule has 16 heavy (non-hydrogen) atoms. The Kier molecular flexibility index (Phi) is 3.62. The van der Waals surface area contributed by atoms with Crippen LogP contribution in [0.3, 0.4) is 0 Å². The van der Waals surface area contributed by atoms with Crippen LogP contribution in [0.15, 0.2) is 12.1 Å². The minimum absolute atomic E-state index is 0.344. The van der Waals surface area contributed by atoms with Gasteiger partial charge < -0.3 is 14.8 Å². The van der Waals surface area contributed by atoms with E-state index in [4.69, 9.17) is 9.47 Å². The highest BCUT2D eigenvalue weighted by molar-refractivity contribution is 5.51. The summed E-state index contributed by atoms with van der Waals surface area (Å²) >= 11 is 0. The van der Waals surface area contributed by atoms with Crippen LogP contribution in [0.25, 0.3) is 0 Å². The molecule has 0 spiro atoms. The molecule has 0 amide bonds. The maximum Gasteiger partial charge on any atom is 0.169 e. The molecule has 0 bridgehead atoms. The van der Waals surface area contributed by atoms with Gasteiger partial charge in [0, 0.05) is 12.3 Å². The van der Waals surface area contributed by atoms with Gasteiger partial charge in [-0.1, -0.05) is 0 Å². The first-order valence-corrected chi connectivity index (χ1v) is 5.65. The number of nitrogens with zero attached hydrogens (tertiary/aromatic N) is 1. The standard InChI is InChI=1S/C12H18N2O2/c1-9-5-6-11(15-2)12(13-9)14-10-4-3-7-16-8-10/h5-6,10H,3-4,7-8H2,1-2H3,(H,13,14). The molecular weight excluding hydrogens is 204 g/mol. The largest absolute Gasteiger partial charge is 0.493 e. The Bertz CT molecular complexity index is 349. The van der Waals surface area contributed by atoms with Crippen LogP contribution < -0.4 is 10.1 Å². The van der Waals surface area contributed by atoms with E-state index in [0.29, 0.717) is 6.04 Å². The van der Waals surface area contributed by atoms with E-state index < -0.39 is 0 Å². The van der Waals surface area contributed by atoms with Crippen molar-refractivity contribution in [1.29, 1.82) is 0 Å². The van der Waals surface area contributed by atoms with Gasteiger partial charge in [0.2, 0.25) is 0 Å². The van der Waals surface area contributed by atoms with Crippen LogP contribution in [0, 0.1) is 6.92 Å². The number of rotatable bonds is 3. The lowest BCUT2D eigenvalue weighted by molar-refractivity contribution is 0.0874. The molecule has 0 saturated carbocycles. The van der Waals surface area contributed by atoms with Crippen molar-refractivity contribution >= 4 is 5.82 Å². The molecule has 1 saturated heterocycles.